The van der Waals surface area contributed by atoms with Gasteiger partial charge in [0.2, 0.25) is 28.6 Å². The van der Waals surface area contributed by atoms with Crippen LogP contribution < -0.4 is 19.1 Å². The number of nitrogens with one attached hydrogen (secondary N) is 1. The molecule has 0 saturated heterocycles. The SMILES string of the molecule is CCNC(=O)C(C)N(Cc1c(Cl)cccc1Cl)C(=O)CCCN(c1ccc2c(c1)OCO2)S(C)(=O)=O. The second-order valence-electron chi connectivity index (χ2n) is 8.27. The average Bonchev–Trinajstić information content (AvgIpc) is 3.28. The molecule has 3 rings (SSSR count). The Balaban J connectivity index is 1.76. The molecule has 2 aromatic carbocycles. The van der Waals surface area contributed by atoms with Gasteiger partial charge in [-0.2, -0.15) is 0 Å². The number of likely N-dealkylation sites (N-methyl/N-ethyl adjacent to an activating group) is 1. The van der Waals surface area contributed by atoms with Gasteiger partial charge in [-0.1, -0.05) is 29.3 Å². The molecule has 9 nitrogen and oxygen atoms in total. The number of ether oxygens (including phenoxy) is 2. The molecule has 1 N–H and O–H groups in total. The third-order valence-corrected chi connectivity index (χ3v) is 7.61. The highest BCUT2D eigenvalue weighted by Crippen LogP contribution is 2.36. The van der Waals surface area contributed by atoms with Crippen molar-refractivity contribution in [1.29, 1.82) is 0 Å². The number of fused-ring (bicyclic) bond motifs is 1. The Morgan fingerprint density at radius 2 is 1.78 bits per heavy atom. The number of rotatable bonds is 11. The number of halogens is 2. The summed E-state index contributed by atoms with van der Waals surface area (Å²) in [6, 6.07) is 9.10. The van der Waals surface area contributed by atoms with Crippen molar-refractivity contribution in [3.05, 3.63) is 52.0 Å². The van der Waals surface area contributed by atoms with Gasteiger partial charge in [0.05, 0.1) is 11.9 Å². The minimum atomic E-state index is -3.64. The molecular formula is C24H29Cl2N3O6S. The number of anilines is 1. The van der Waals surface area contributed by atoms with Gasteiger partial charge in [0.25, 0.3) is 0 Å². The van der Waals surface area contributed by atoms with Crippen LogP contribution in [0.2, 0.25) is 10.0 Å². The van der Waals surface area contributed by atoms with E-state index in [4.69, 9.17) is 32.7 Å². The van der Waals surface area contributed by atoms with E-state index in [9.17, 15) is 18.0 Å². The quantitative estimate of drug-likeness (QED) is 0.450. The van der Waals surface area contributed by atoms with Gasteiger partial charge in [0.1, 0.15) is 6.04 Å². The zero-order valence-corrected chi connectivity index (χ0v) is 22.6. The summed E-state index contributed by atoms with van der Waals surface area (Å²) in [6.07, 6.45) is 1.32. The van der Waals surface area contributed by atoms with Gasteiger partial charge in [0, 0.05) is 47.7 Å². The van der Waals surface area contributed by atoms with Crippen molar-refractivity contribution in [2.45, 2.75) is 39.3 Å². The van der Waals surface area contributed by atoms with Crippen LogP contribution in [0.1, 0.15) is 32.3 Å². The summed E-state index contributed by atoms with van der Waals surface area (Å²) >= 11 is 12.6. The summed E-state index contributed by atoms with van der Waals surface area (Å²) in [7, 11) is -3.64. The van der Waals surface area contributed by atoms with E-state index in [0.29, 0.717) is 39.3 Å². The van der Waals surface area contributed by atoms with Crippen molar-refractivity contribution in [3.63, 3.8) is 0 Å². The Morgan fingerprint density at radius 1 is 1.11 bits per heavy atom. The lowest BCUT2D eigenvalue weighted by Gasteiger charge is -2.30. The third kappa shape index (κ3) is 6.74. The Hall–Kier alpha value is -2.69. The summed E-state index contributed by atoms with van der Waals surface area (Å²) in [6.45, 7) is 3.99. The van der Waals surface area contributed by atoms with Gasteiger partial charge in [0.15, 0.2) is 11.5 Å². The summed E-state index contributed by atoms with van der Waals surface area (Å²) in [5.74, 6) is 0.349. The highest BCUT2D eigenvalue weighted by molar-refractivity contribution is 7.92. The number of sulfonamides is 1. The van der Waals surface area contributed by atoms with Gasteiger partial charge in [-0.05, 0) is 44.5 Å². The van der Waals surface area contributed by atoms with Crippen LogP contribution in [-0.2, 0) is 26.2 Å². The molecule has 36 heavy (non-hydrogen) atoms. The molecule has 12 heteroatoms. The van der Waals surface area contributed by atoms with E-state index in [1.807, 2.05) is 0 Å². The first-order valence-corrected chi connectivity index (χ1v) is 14.0. The van der Waals surface area contributed by atoms with Gasteiger partial charge in [-0.25, -0.2) is 8.42 Å². The van der Waals surface area contributed by atoms with Gasteiger partial charge in [-0.15, -0.1) is 0 Å². The molecule has 0 saturated carbocycles. The number of hydrogen-bond donors (Lipinski definition) is 1. The first kappa shape index (κ1) is 27.9. The largest absolute Gasteiger partial charge is 0.454 e. The van der Waals surface area contributed by atoms with Crippen LogP contribution in [0, 0.1) is 0 Å². The smallest absolute Gasteiger partial charge is 0.242 e. The van der Waals surface area contributed by atoms with Gasteiger partial charge < -0.3 is 19.7 Å². The van der Waals surface area contributed by atoms with Crippen LogP contribution in [-0.4, -0.2) is 57.3 Å². The van der Waals surface area contributed by atoms with Crippen molar-refractivity contribution in [3.8, 4) is 11.5 Å². The highest BCUT2D eigenvalue weighted by atomic mass is 35.5. The molecule has 0 fully saturated rings. The fourth-order valence-electron chi connectivity index (χ4n) is 3.80. The maximum Gasteiger partial charge on any atom is 0.242 e. The topological polar surface area (TPSA) is 105 Å². The normalized spacial score (nSPS) is 13.2. The summed E-state index contributed by atoms with van der Waals surface area (Å²) < 4.78 is 36.9. The molecule has 0 aliphatic carbocycles. The van der Waals surface area contributed by atoms with Gasteiger partial charge >= 0.3 is 0 Å². The average molecular weight is 558 g/mol. The maximum atomic E-state index is 13.3. The van der Waals surface area contributed by atoms with Crippen molar-refractivity contribution < 1.29 is 27.5 Å². The fraction of sp³-hybridized carbons (Fsp3) is 0.417. The number of carbonyl (C=O) groups excluding carboxylic acids is 2. The first-order valence-electron chi connectivity index (χ1n) is 11.4. The third-order valence-electron chi connectivity index (χ3n) is 5.70. The van der Waals surface area contributed by atoms with Crippen molar-refractivity contribution in [2.24, 2.45) is 0 Å². The standard InChI is InChI=1S/C24H29Cl2N3O6S/c1-4-27-24(31)16(2)28(14-18-19(25)7-5-8-20(18)26)23(30)9-6-12-29(36(3,32)33)17-10-11-21-22(13-17)35-15-34-21/h5,7-8,10-11,13,16H,4,6,9,12,14-15H2,1-3H3,(H,27,31). The number of benzene rings is 2. The predicted molar refractivity (Wildman–Crippen MR) is 139 cm³/mol. The molecule has 0 aromatic heterocycles. The van der Waals surface area contributed by atoms with Crippen LogP contribution >= 0.6 is 23.2 Å². The molecule has 1 aliphatic rings. The van der Waals surface area contributed by atoms with Crippen LogP contribution in [0.5, 0.6) is 11.5 Å². The van der Waals surface area contributed by atoms with E-state index in [1.165, 1.54) is 9.21 Å². The van der Waals surface area contributed by atoms with Crippen LogP contribution in [0.15, 0.2) is 36.4 Å². The Morgan fingerprint density at radius 3 is 2.42 bits per heavy atom. The van der Waals surface area contributed by atoms with Crippen LogP contribution in [0.25, 0.3) is 0 Å². The van der Waals surface area contributed by atoms with E-state index in [1.54, 1.807) is 50.2 Å². The van der Waals surface area contributed by atoms with Crippen molar-refractivity contribution in [1.82, 2.24) is 10.2 Å². The molecule has 1 atom stereocenters. The Bertz CT molecular complexity index is 1200. The van der Waals surface area contributed by atoms with Crippen molar-refractivity contribution in [2.75, 3.05) is 30.4 Å². The van der Waals surface area contributed by atoms with E-state index >= 15 is 0 Å². The lowest BCUT2D eigenvalue weighted by atomic mass is 10.1. The molecule has 196 valence electrons. The molecule has 1 unspecified atom stereocenters. The second-order valence-corrected chi connectivity index (χ2v) is 11.0. The first-order chi connectivity index (χ1) is 17.0. The number of carbonyl (C=O) groups is 2. The molecule has 0 radical (unpaired) electrons. The zero-order chi connectivity index (χ0) is 26.5. The number of amides is 2. The Labute approximate surface area is 221 Å². The second kappa shape index (κ2) is 12.0. The molecule has 0 spiro atoms. The van der Waals surface area contributed by atoms with E-state index in [2.05, 4.69) is 5.32 Å². The predicted octanol–water partition coefficient (Wildman–Crippen LogP) is 3.82. The fourth-order valence-corrected chi connectivity index (χ4v) is 5.28. The Kier molecular flexibility index (Phi) is 9.32. The summed E-state index contributed by atoms with van der Waals surface area (Å²) in [4.78, 5) is 27.3. The molecule has 0 bridgehead atoms. The highest BCUT2D eigenvalue weighted by Gasteiger charge is 2.28. The summed E-state index contributed by atoms with van der Waals surface area (Å²) in [5, 5.41) is 3.49. The monoisotopic (exact) mass is 557 g/mol. The zero-order valence-electron chi connectivity index (χ0n) is 20.3. The van der Waals surface area contributed by atoms with Crippen LogP contribution in [0.4, 0.5) is 5.69 Å². The van der Waals surface area contributed by atoms with E-state index < -0.39 is 16.1 Å². The van der Waals surface area contributed by atoms with Gasteiger partial charge in [-0.3, -0.25) is 13.9 Å². The molecule has 2 amide bonds. The van der Waals surface area contributed by atoms with Crippen LogP contribution in [0.3, 0.4) is 0 Å². The number of nitrogens with zero attached hydrogens (tertiary/aromatic N) is 2. The molecule has 1 aliphatic heterocycles. The maximum absolute atomic E-state index is 13.3. The minimum absolute atomic E-state index is 0.00237. The molecule has 2 aromatic rings. The molecular weight excluding hydrogens is 529 g/mol. The lowest BCUT2D eigenvalue weighted by molar-refractivity contribution is -0.140. The minimum Gasteiger partial charge on any atom is -0.454 e. The van der Waals surface area contributed by atoms with E-state index in [-0.39, 0.29) is 44.5 Å². The number of hydrogen-bond acceptors (Lipinski definition) is 6. The van der Waals surface area contributed by atoms with Crippen molar-refractivity contribution >= 4 is 50.7 Å². The summed E-state index contributed by atoms with van der Waals surface area (Å²) in [5.41, 5.74) is 0.938. The van der Waals surface area contributed by atoms with E-state index in [0.717, 1.165) is 6.26 Å². The lowest BCUT2D eigenvalue weighted by Crippen LogP contribution is -2.47. The molecule has 1 heterocycles.